The lowest BCUT2D eigenvalue weighted by Crippen LogP contribution is -2.39. The molecule has 1 unspecified atom stereocenters. The normalized spacial score (nSPS) is 16.1. The van der Waals surface area contributed by atoms with Gasteiger partial charge >= 0.3 is 6.18 Å². The smallest absolute Gasteiger partial charge is 0.398 e. The molecule has 1 aromatic carbocycles. The number of nitrogen functional groups attached to an aromatic ring is 1. The molecule has 0 bridgehead atoms. The molecular weight excluding hydrogens is 231 g/mol. The van der Waals surface area contributed by atoms with Crippen molar-refractivity contribution in [2.24, 2.45) is 0 Å². The lowest BCUT2D eigenvalue weighted by atomic mass is 9.95. The van der Waals surface area contributed by atoms with Crippen molar-refractivity contribution in [2.45, 2.75) is 18.7 Å². The van der Waals surface area contributed by atoms with Gasteiger partial charge in [-0.3, -0.25) is 0 Å². The van der Waals surface area contributed by atoms with Gasteiger partial charge < -0.3 is 10.8 Å². The van der Waals surface area contributed by atoms with Crippen LogP contribution in [-0.4, -0.2) is 11.3 Å². The average molecular weight is 240 g/mol. The summed E-state index contributed by atoms with van der Waals surface area (Å²) < 4.78 is 37.3. The van der Waals surface area contributed by atoms with Crippen LogP contribution in [0.25, 0.3) is 0 Å². The van der Waals surface area contributed by atoms with Gasteiger partial charge in [0, 0.05) is 0 Å². The number of benzene rings is 1. The summed E-state index contributed by atoms with van der Waals surface area (Å²) in [4.78, 5) is 0. The maximum atomic E-state index is 12.4. The maximum absolute atomic E-state index is 12.4. The predicted molar refractivity (Wildman–Crippen MR) is 51.5 cm³/mol. The maximum Gasteiger partial charge on any atom is 0.421 e. The molecule has 1 atom stereocenters. The molecule has 6 heteroatoms. The molecule has 0 amide bonds. The van der Waals surface area contributed by atoms with Gasteiger partial charge in [-0.15, -0.1) is 0 Å². The molecule has 15 heavy (non-hydrogen) atoms. The molecule has 0 spiro atoms. The van der Waals surface area contributed by atoms with Gasteiger partial charge in [-0.25, -0.2) is 0 Å². The van der Waals surface area contributed by atoms with Crippen molar-refractivity contribution in [2.75, 3.05) is 5.73 Å². The van der Waals surface area contributed by atoms with E-state index >= 15 is 0 Å². The van der Waals surface area contributed by atoms with E-state index in [1.165, 1.54) is 6.07 Å². The van der Waals surface area contributed by atoms with E-state index in [1.54, 1.807) is 0 Å². The summed E-state index contributed by atoms with van der Waals surface area (Å²) in [7, 11) is 0. The molecule has 1 aromatic rings. The van der Waals surface area contributed by atoms with E-state index in [9.17, 15) is 18.3 Å². The summed E-state index contributed by atoms with van der Waals surface area (Å²) in [5.74, 6) is 0. The van der Waals surface area contributed by atoms with Crippen LogP contribution in [0.5, 0.6) is 0 Å². The second kappa shape index (κ2) is 3.57. The summed E-state index contributed by atoms with van der Waals surface area (Å²) >= 11 is 5.57. The Morgan fingerprint density at radius 3 is 2.27 bits per heavy atom. The molecule has 0 radical (unpaired) electrons. The quantitative estimate of drug-likeness (QED) is 0.740. The second-order valence-corrected chi connectivity index (χ2v) is 3.71. The molecule has 0 saturated carbocycles. The highest BCUT2D eigenvalue weighted by Gasteiger charge is 2.51. The lowest BCUT2D eigenvalue weighted by molar-refractivity contribution is -0.258. The molecule has 0 saturated heterocycles. The Hall–Kier alpha value is -0.940. The van der Waals surface area contributed by atoms with Crippen LogP contribution in [0.15, 0.2) is 18.2 Å². The van der Waals surface area contributed by atoms with Crippen LogP contribution in [0.3, 0.4) is 0 Å². The molecule has 1 rings (SSSR count). The van der Waals surface area contributed by atoms with Crippen molar-refractivity contribution in [3.63, 3.8) is 0 Å². The van der Waals surface area contributed by atoms with Crippen LogP contribution in [0.4, 0.5) is 18.9 Å². The Kier molecular flexibility index (Phi) is 2.89. The van der Waals surface area contributed by atoms with Gasteiger partial charge in [0.25, 0.3) is 0 Å². The van der Waals surface area contributed by atoms with Crippen molar-refractivity contribution >= 4 is 17.3 Å². The number of aliphatic hydroxyl groups is 1. The third kappa shape index (κ3) is 2.18. The van der Waals surface area contributed by atoms with Crippen molar-refractivity contribution in [1.29, 1.82) is 0 Å². The number of alkyl halides is 3. The molecule has 3 N–H and O–H groups in total. The van der Waals surface area contributed by atoms with Gasteiger partial charge in [0.1, 0.15) is 0 Å². The van der Waals surface area contributed by atoms with E-state index in [0.717, 1.165) is 12.1 Å². The van der Waals surface area contributed by atoms with E-state index in [2.05, 4.69) is 0 Å². The fraction of sp³-hybridized carbons (Fsp3) is 0.333. The summed E-state index contributed by atoms with van der Waals surface area (Å²) in [6, 6.07) is 3.32. The summed E-state index contributed by atoms with van der Waals surface area (Å²) in [5.41, 5.74) is 2.25. The molecule has 2 nitrogen and oxygen atoms in total. The zero-order valence-electron chi connectivity index (χ0n) is 7.77. The Balaban J connectivity index is 3.22. The SMILES string of the molecule is CC(O)(c1ccc(N)c(Cl)c1)C(F)(F)F. The number of hydrogen-bond acceptors (Lipinski definition) is 2. The minimum Gasteiger partial charge on any atom is -0.398 e. The Labute approximate surface area is 89.5 Å². The average Bonchev–Trinajstić information content (AvgIpc) is 2.07. The summed E-state index contributed by atoms with van der Waals surface area (Å²) in [5, 5.41) is 9.30. The van der Waals surface area contributed by atoms with Gasteiger partial charge in [0.05, 0.1) is 10.7 Å². The first-order chi connectivity index (χ1) is 6.66. The molecule has 0 aliphatic heterocycles. The summed E-state index contributed by atoms with van der Waals surface area (Å²) in [6.07, 6.45) is -4.76. The Morgan fingerprint density at radius 1 is 1.33 bits per heavy atom. The second-order valence-electron chi connectivity index (χ2n) is 3.31. The van der Waals surface area contributed by atoms with E-state index in [1.807, 2.05) is 0 Å². The standard InChI is InChI=1S/C9H9ClF3NO/c1-8(15,9(11,12)13)5-2-3-7(14)6(10)4-5/h2-4,15H,14H2,1H3. The van der Waals surface area contributed by atoms with Gasteiger partial charge in [0.15, 0.2) is 5.60 Å². The van der Waals surface area contributed by atoms with Crippen molar-refractivity contribution in [3.05, 3.63) is 28.8 Å². The Bertz CT molecular complexity index is 376. The van der Waals surface area contributed by atoms with E-state index < -0.39 is 11.8 Å². The van der Waals surface area contributed by atoms with E-state index in [-0.39, 0.29) is 16.3 Å². The molecule has 0 fully saturated rings. The molecule has 0 aliphatic carbocycles. The third-order valence-corrected chi connectivity index (χ3v) is 2.44. The molecular formula is C9H9ClF3NO. The van der Waals surface area contributed by atoms with Gasteiger partial charge in [-0.2, -0.15) is 13.2 Å². The summed E-state index contributed by atoms with van der Waals surface area (Å²) in [6.45, 7) is 0.662. The number of anilines is 1. The van der Waals surface area contributed by atoms with Crippen LogP contribution < -0.4 is 5.73 Å². The van der Waals surface area contributed by atoms with Gasteiger partial charge in [-0.05, 0) is 24.6 Å². The van der Waals surface area contributed by atoms with Crippen LogP contribution in [0, 0.1) is 0 Å². The lowest BCUT2D eigenvalue weighted by Gasteiger charge is -2.26. The fourth-order valence-electron chi connectivity index (χ4n) is 0.994. The molecule has 0 aromatic heterocycles. The highest BCUT2D eigenvalue weighted by Crippen LogP contribution is 2.39. The van der Waals surface area contributed by atoms with E-state index in [4.69, 9.17) is 17.3 Å². The Morgan fingerprint density at radius 2 is 1.87 bits per heavy atom. The zero-order valence-corrected chi connectivity index (χ0v) is 8.52. The monoisotopic (exact) mass is 239 g/mol. The minimum absolute atomic E-state index is 0.0166. The molecule has 0 aliphatic rings. The van der Waals surface area contributed by atoms with Crippen LogP contribution in [-0.2, 0) is 5.60 Å². The first-order valence-corrected chi connectivity index (χ1v) is 4.38. The largest absolute Gasteiger partial charge is 0.421 e. The van der Waals surface area contributed by atoms with Crippen LogP contribution in [0.2, 0.25) is 5.02 Å². The van der Waals surface area contributed by atoms with E-state index in [0.29, 0.717) is 6.92 Å². The topological polar surface area (TPSA) is 46.2 Å². The van der Waals surface area contributed by atoms with Crippen molar-refractivity contribution in [1.82, 2.24) is 0 Å². The number of nitrogens with two attached hydrogens (primary N) is 1. The number of halogens is 4. The highest BCUT2D eigenvalue weighted by molar-refractivity contribution is 6.33. The van der Waals surface area contributed by atoms with Crippen LogP contribution in [0.1, 0.15) is 12.5 Å². The van der Waals surface area contributed by atoms with Crippen LogP contribution >= 0.6 is 11.6 Å². The number of hydrogen-bond donors (Lipinski definition) is 2. The first-order valence-electron chi connectivity index (χ1n) is 4.01. The predicted octanol–water partition coefficient (Wildman–Crippen LogP) is 2.69. The fourth-order valence-corrected chi connectivity index (χ4v) is 1.17. The minimum atomic E-state index is -4.76. The highest BCUT2D eigenvalue weighted by atomic mass is 35.5. The van der Waals surface area contributed by atoms with Gasteiger partial charge in [-0.1, -0.05) is 17.7 Å². The molecule has 0 heterocycles. The number of rotatable bonds is 1. The third-order valence-electron chi connectivity index (χ3n) is 2.11. The molecule has 84 valence electrons. The van der Waals surface area contributed by atoms with Crippen molar-refractivity contribution in [3.8, 4) is 0 Å². The van der Waals surface area contributed by atoms with Crippen molar-refractivity contribution < 1.29 is 18.3 Å². The van der Waals surface area contributed by atoms with Gasteiger partial charge in [0.2, 0.25) is 0 Å². The first kappa shape index (κ1) is 12.1. The zero-order chi connectivity index (χ0) is 11.9.